The second-order valence-corrected chi connectivity index (χ2v) is 10.3. The summed E-state index contributed by atoms with van der Waals surface area (Å²) in [4.78, 5) is 20.8. The molecule has 0 spiro atoms. The second-order valence-electron chi connectivity index (χ2n) is 10.3. The Morgan fingerprint density at radius 2 is 1.77 bits per heavy atom. The minimum atomic E-state index is -0.432. The number of carbonyl (C=O) groups is 1. The molecular formula is C30H36FN3O. The molecule has 1 atom stereocenters. The summed E-state index contributed by atoms with van der Waals surface area (Å²) in [5.41, 5.74) is 5.93. The van der Waals surface area contributed by atoms with Crippen LogP contribution in [0, 0.1) is 12.7 Å². The van der Waals surface area contributed by atoms with Crippen molar-refractivity contribution in [1.29, 1.82) is 0 Å². The van der Waals surface area contributed by atoms with Crippen molar-refractivity contribution in [3.8, 4) is 0 Å². The number of aryl methyl sites for hydroxylation is 2. The van der Waals surface area contributed by atoms with Crippen molar-refractivity contribution in [3.05, 3.63) is 76.2 Å². The average Bonchev–Trinajstić information content (AvgIpc) is 2.88. The Morgan fingerprint density at radius 1 is 1.03 bits per heavy atom. The topological polar surface area (TPSA) is 44.7 Å². The lowest BCUT2D eigenvalue weighted by molar-refractivity contribution is -0.115. The van der Waals surface area contributed by atoms with Crippen molar-refractivity contribution >= 4 is 17.6 Å². The van der Waals surface area contributed by atoms with Gasteiger partial charge in [0.1, 0.15) is 11.9 Å². The van der Waals surface area contributed by atoms with Gasteiger partial charge in [0.25, 0.3) is 0 Å². The number of hydrogen-bond acceptors (Lipinski definition) is 4. The molecule has 1 saturated carbocycles. The maximum absolute atomic E-state index is 13.9. The molecule has 2 aromatic rings. The average molecular weight is 474 g/mol. The van der Waals surface area contributed by atoms with Crippen LogP contribution >= 0.6 is 0 Å². The zero-order valence-electron chi connectivity index (χ0n) is 20.7. The lowest BCUT2D eigenvalue weighted by atomic mass is 9.83. The van der Waals surface area contributed by atoms with Crippen molar-refractivity contribution in [3.63, 3.8) is 0 Å². The molecule has 3 aliphatic rings. The van der Waals surface area contributed by atoms with Crippen molar-refractivity contribution in [2.24, 2.45) is 4.99 Å². The van der Waals surface area contributed by atoms with Crippen LogP contribution in [0.2, 0.25) is 0 Å². The van der Waals surface area contributed by atoms with Gasteiger partial charge in [0, 0.05) is 32.4 Å². The molecule has 1 N–H and O–H groups in total. The van der Waals surface area contributed by atoms with E-state index in [0.717, 1.165) is 54.1 Å². The molecule has 0 aromatic heterocycles. The number of halogens is 1. The Morgan fingerprint density at radius 3 is 2.49 bits per heavy atom. The number of piperazine rings is 1. The first-order valence-corrected chi connectivity index (χ1v) is 13.2. The van der Waals surface area contributed by atoms with E-state index < -0.39 is 6.04 Å². The standard InChI is InChI=1S/C30H36FN3O/c1-21-17-22(19-26(31)18-21)7-12-27-30(35)29(28(20-33-27)34-15-13-32-14-16-34)25-10-8-24(9-11-25)23-5-3-2-4-6-23/h8-11,17-20,23,27,32H,2-7,12-16H2,1H3/t27-/m1/s1. The first kappa shape index (κ1) is 23.9. The van der Waals surface area contributed by atoms with E-state index in [-0.39, 0.29) is 11.6 Å². The smallest absolute Gasteiger partial charge is 0.190 e. The van der Waals surface area contributed by atoms with Gasteiger partial charge in [-0.3, -0.25) is 9.79 Å². The fourth-order valence-corrected chi connectivity index (χ4v) is 5.84. The second kappa shape index (κ2) is 10.9. The van der Waals surface area contributed by atoms with E-state index in [0.29, 0.717) is 18.8 Å². The lowest BCUT2D eigenvalue weighted by Gasteiger charge is -2.34. The van der Waals surface area contributed by atoms with Crippen LogP contribution < -0.4 is 5.32 Å². The number of Topliss-reactive ketones (excluding diaryl/α,β-unsaturated/α-hetero) is 1. The fraction of sp³-hybridized carbons (Fsp3) is 0.467. The van der Waals surface area contributed by atoms with E-state index in [1.165, 1.54) is 43.7 Å². The predicted molar refractivity (Wildman–Crippen MR) is 140 cm³/mol. The highest BCUT2D eigenvalue weighted by Crippen LogP contribution is 2.34. The maximum atomic E-state index is 13.9. The Kier molecular flexibility index (Phi) is 7.43. The van der Waals surface area contributed by atoms with Gasteiger partial charge in [-0.2, -0.15) is 0 Å². The van der Waals surface area contributed by atoms with E-state index in [1.54, 1.807) is 6.07 Å². The van der Waals surface area contributed by atoms with Crippen LogP contribution in [0.25, 0.3) is 5.57 Å². The third-order valence-electron chi connectivity index (χ3n) is 7.72. The minimum Gasteiger partial charge on any atom is -0.367 e. The summed E-state index contributed by atoms with van der Waals surface area (Å²) >= 11 is 0. The molecule has 184 valence electrons. The van der Waals surface area contributed by atoms with Gasteiger partial charge in [-0.05, 0) is 72.9 Å². The van der Waals surface area contributed by atoms with Crippen LogP contribution in [-0.4, -0.2) is 49.1 Å². The summed E-state index contributed by atoms with van der Waals surface area (Å²) in [6, 6.07) is 13.4. The molecule has 4 nitrogen and oxygen atoms in total. The molecule has 1 saturated heterocycles. The zero-order chi connectivity index (χ0) is 24.2. The molecule has 0 radical (unpaired) electrons. The van der Waals surface area contributed by atoms with Crippen LogP contribution in [0.15, 0.2) is 53.2 Å². The Hall–Kier alpha value is -2.79. The predicted octanol–water partition coefficient (Wildman–Crippen LogP) is 5.45. The van der Waals surface area contributed by atoms with Gasteiger partial charge in [-0.1, -0.05) is 49.6 Å². The number of allylic oxidation sites excluding steroid dienone is 1. The largest absolute Gasteiger partial charge is 0.367 e. The van der Waals surface area contributed by atoms with E-state index in [4.69, 9.17) is 4.99 Å². The molecule has 2 heterocycles. The number of rotatable bonds is 6. The van der Waals surface area contributed by atoms with Gasteiger partial charge in [-0.15, -0.1) is 0 Å². The fourth-order valence-electron chi connectivity index (χ4n) is 5.84. The molecule has 5 rings (SSSR count). The molecule has 0 unspecified atom stereocenters. The zero-order valence-corrected chi connectivity index (χ0v) is 20.7. The summed E-state index contributed by atoms with van der Waals surface area (Å²) in [6.07, 6.45) is 9.62. The van der Waals surface area contributed by atoms with E-state index in [9.17, 15) is 9.18 Å². The molecule has 2 fully saturated rings. The number of nitrogens with zero attached hydrogens (tertiary/aromatic N) is 2. The third kappa shape index (κ3) is 5.56. The number of nitrogens with one attached hydrogen (secondary N) is 1. The summed E-state index contributed by atoms with van der Waals surface area (Å²) < 4.78 is 13.9. The van der Waals surface area contributed by atoms with Crippen molar-refractivity contribution < 1.29 is 9.18 Å². The quantitative estimate of drug-likeness (QED) is 0.607. The highest BCUT2D eigenvalue weighted by atomic mass is 19.1. The van der Waals surface area contributed by atoms with E-state index >= 15 is 0 Å². The van der Waals surface area contributed by atoms with Crippen LogP contribution in [0.3, 0.4) is 0 Å². The number of benzene rings is 2. The van der Waals surface area contributed by atoms with E-state index in [1.807, 2.05) is 19.2 Å². The van der Waals surface area contributed by atoms with Gasteiger partial charge in [-0.25, -0.2) is 4.39 Å². The molecule has 2 aliphatic heterocycles. The molecule has 5 heteroatoms. The minimum absolute atomic E-state index is 0.0829. The van der Waals surface area contributed by atoms with Crippen molar-refractivity contribution in [1.82, 2.24) is 10.2 Å². The monoisotopic (exact) mass is 473 g/mol. The number of ketones is 1. The Balaban J connectivity index is 1.40. The molecule has 2 aromatic carbocycles. The van der Waals surface area contributed by atoms with Crippen LogP contribution in [-0.2, 0) is 11.2 Å². The number of aliphatic imine (C=N–C) groups is 1. The third-order valence-corrected chi connectivity index (χ3v) is 7.72. The van der Waals surface area contributed by atoms with Gasteiger partial charge in [0.05, 0.1) is 11.3 Å². The summed E-state index contributed by atoms with van der Waals surface area (Å²) in [5, 5.41) is 3.40. The summed E-state index contributed by atoms with van der Waals surface area (Å²) in [7, 11) is 0. The van der Waals surface area contributed by atoms with Gasteiger partial charge < -0.3 is 10.2 Å². The molecule has 35 heavy (non-hydrogen) atoms. The van der Waals surface area contributed by atoms with Crippen LogP contribution in [0.1, 0.15) is 66.7 Å². The SMILES string of the molecule is Cc1cc(F)cc(CC[C@H]2N=CC(N3CCNCC3)=C(c3ccc(C4CCCCC4)cc3)C2=O)c1. The molecule has 0 bridgehead atoms. The van der Waals surface area contributed by atoms with E-state index in [2.05, 4.69) is 34.5 Å². The van der Waals surface area contributed by atoms with Crippen molar-refractivity contribution in [2.45, 2.75) is 63.8 Å². The van der Waals surface area contributed by atoms with Crippen molar-refractivity contribution in [2.75, 3.05) is 26.2 Å². The lowest BCUT2D eigenvalue weighted by Crippen LogP contribution is -2.44. The first-order valence-electron chi connectivity index (χ1n) is 13.2. The normalized spacial score (nSPS) is 21.6. The first-order chi connectivity index (χ1) is 17.1. The molecular weight excluding hydrogens is 437 g/mol. The van der Waals surface area contributed by atoms with Crippen LogP contribution in [0.5, 0.6) is 0 Å². The number of dihydropyridines is 1. The van der Waals surface area contributed by atoms with Gasteiger partial charge >= 0.3 is 0 Å². The highest BCUT2D eigenvalue weighted by molar-refractivity contribution is 6.28. The molecule has 1 aliphatic carbocycles. The van der Waals surface area contributed by atoms with Crippen LogP contribution in [0.4, 0.5) is 4.39 Å². The summed E-state index contributed by atoms with van der Waals surface area (Å²) in [5.74, 6) is 0.503. The highest BCUT2D eigenvalue weighted by Gasteiger charge is 2.31. The Bertz CT molecular complexity index is 1090. The molecule has 0 amide bonds. The number of carbonyl (C=O) groups excluding carboxylic acids is 1. The van der Waals surface area contributed by atoms with Gasteiger partial charge in [0.2, 0.25) is 0 Å². The number of hydrogen-bond donors (Lipinski definition) is 1. The maximum Gasteiger partial charge on any atom is 0.190 e. The summed E-state index contributed by atoms with van der Waals surface area (Å²) in [6.45, 7) is 5.44. The Labute approximate surface area is 208 Å². The van der Waals surface area contributed by atoms with Gasteiger partial charge in [0.15, 0.2) is 5.78 Å².